The summed E-state index contributed by atoms with van der Waals surface area (Å²) >= 11 is 0. The second-order valence-corrected chi connectivity index (χ2v) is 2.65. The normalized spacial score (nSPS) is 10.8. The standard InChI is InChI=1S/C7H9N5/c1-4-2-6-10-3-5(8)7(9)12(6)11-4/h2-3H,8-9H2,1H3. The fourth-order valence-electron chi connectivity index (χ4n) is 1.08. The molecule has 2 aromatic heterocycles. The molecule has 0 bridgehead atoms. The second kappa shape index (κ2) is 2.10. The number of nitrogen functional groups attached to an aromatic ring is 2. The van der Waals surface area contributed by atoms with E-state index >= 15 is 0 Å². The first-order valence-corrected chi connectivity index (χ1v) is 3.55. The molecule has 12 heavy (non-hydrogen) atoms. The van der Waals surface area contributed by atoms with Crippen LogP contribution in [0.15, 0.2) is 12.3 Å². The minimum absolute atomic E-state index is 0.438. The quantitative estimate of drug-likeness (QED) is 0.581. The van der Waals surface area contributed by atoms with E-state index < -0.39 is 0 Å². The van der Waals surface area contributed by atoms with Crippen molar-refractivity contribution >= 4 is 17.2 Å². The van der Waals surface area contributed by atoms with Gasteiger partial charge in [-0.15, -0.1) is 0 Å². The zero-order chi connectivity index (χ0) is 8.72. The molecule has 0 aliphatic heterocycles. The highest BCUT2D eigenvalue weighted by Crippen LogP contribution is 2.14. The highest BCUT2D eigenvalue weighted by atomic mass is 15.3. The maximum Gasteiger partial charge on any atom is 0.157 e. The lowest BCUT2D eigenvalue weighted by Gasteiger charge is -2.00. The molecule has 2 aromatic rings. The minimum Gasteiger partial charge on any atom is -0.394 e. The van der Waals surface area contributed by atoms with Crippen LogP contribution in [0.25, 0.3) is 5.65 Å². The average molecular weight is 163 g/mol. The predicted molar refractivity (Wildman–Crippen MR) is 46.5 cm³/mol. The SMILES string of the molecule is Cc1cc2ncc(N)c(N)n2n1. The Hall–Kier alpha value is -1.78. The first-order valence-electron chi connectivity index (χ1n) is 3.55. The monoisotopic (exact) mass is 163 g/mol. The van der Waals surface area contributed by atoms with Crippen molar-refractivity contribution in [1.29, 1.82) is 0 Å². The summed E-state index contributed by atoms with van der Waals surface area (Å²) in [6.45, 7) is 1.88. The Kier molecular flexibility index (Phi) is 1.21. The summed E-state index contributed by atoms with van der Waals surface area (Å²) in [5.41, 5.74) is 13.3. The van der Waals surface area contributed by atoms with Crippen molar-refractivity contribution in [1.82, 2.24) is 14.6 Å². The van der Waals surface area contributed by atoms with E-state index in [1.54, 1.807) is 0 Å². The van der Waals surface area contributed by atoms with Gasteiger partial charge in [-0.25, -0.2) is 4.98 Å². The lowest BCUT2D eigenvalue weighted by molar-refractivity contribution is 0.931. The van der Waals surface area contributed by atoms with E-state index in [1.165, 1.54) is 10.7 Å². The number of hydrogen-bond acceptors (Lipinski definition) is 4. The Labute approximate surface area is 69.0 Å². The van der Waals surface area contributed by atoms with Crippen molar-refractivity contribution in [2.45, 2.75) is 6.92 Å². The summed E-state index contributed by atoms with van der Waals surface area (Å²) in [6.07, 6.45) is 1.53. The predicted octanol–water partition coefficient (Wildman–Crippen LogP) is 0.202. The summed E-state index contributed by atoms with van der Waals surface area (Å²) < 4.78 is 1.53. The first kappa shape index (κ1) is 6.90. The molecule has 2 rings (SSSR count). The third kappa shape index (κ3) is 0.795. The number of hydrogen-bond donors (Lipinski definition) is 2. The smallest absolute Gasteiger partial charge is 0.157 e. The molecule has 0 aliphatic carbocycles. The van der Waals surface area contributed by atoms with Crippen LogP contribution >= 0.6 is 0 Å². The molecule has 0 radical (unpaired) electrons. The van der Waals surface area contributed by atoms with Crippen LogP contribution in [0.4, 0.5) is 11.5 Å². The first-order chi connectivity index (χ1) is 5.68. The van der Waals surface area contributed by atoms with Gasteiger partial charge in [-0.05, 0) is 6.92 Å². The molecule has 2 heterocycles. The fourth-order valence-corrected chi connectivity index (χ4v) is 1.08. The van der Waals surface area contributed by atoms with Gasteiger partial charge in [-0.2, -0.15) is 9.61 Å². The number of fused-ring (bicyclic) bond motifs is 1. The lowest BCUT2D eigenvalue weighted by Crippen LogP contribution is -2.04. The summed E-state index contributed by atoms with van der Waals surface area (Å²) in [7, 11) is 0. The van der Waals surface area contributed by atoms with Gasteiger partial charge in [0.1, 0.15) is 0 Å². The minimum atomic E-state index is 0.438. The molecule has 0 saturated heterocycles. The average Bonchev–Trinajstić information content (AvgIpc) is 2.39. The molecule has 62 valence electrons. The van der Waals surface area contributed by atoms with Gasteiger partial charge >= 0.3 is 0 Å². The molecule has 4 N–H and O–H groups in total. The third-order valence-corrected chi connectivity index (χ3v) is 1.67. The maximum absolute atomic E-state index is 5.67. The van der Waals surface area contributed by atoms with Gasteiger partial charge in [0.25, 0.3) is 0 Å². The Morgan fingerprint density at radius 2 is 2.17 bits per heavy atom. The van der Waals surface area contributed by atoms with E-state index in [0.717, 1.165) is 11.3 Å². The van der Waals surface area contributed by atoms with Crippen molar-refractivity contribution in [2.75, 3.05) is 11.5 Å². The molecule has 5 nitrogen and oxygen atoms in total. The molecule has 0 aromatic carbocycles. The van der Waals surface area contributed by atoms with Crippen LogP contribution in [0.1, 0.15) is 5.69 Å². The van der Waals surface area contributed by atoms with E-state index in [0.29, 0.717) is 11.5 Å². The number of aryl methyl sites for hydroxylation is 1. The van der Waals surface area contributed by atoms with E-state index in [-0.39, 0.29) is 0 Å². The van der Waals surface area contributed by atoms with Crippen LogP contribution in [0.5, 0.6) is 0 Å². The van der Waals surface area contributed by atoms with Gasteiger partial charge in [-0.3, -0.25) is 0 Å². The summed E-state index contributed by atoms with van der Waals surface area (Å²) in [4.78, 5) is 4.06. The van der Waals surface area contributed by atoms with Gasteiger partial charge in [0.15, 0.2) is 11.5 Å². The molecule has 0 atom stereocenters. The number of nitrogens with zero attached hydrogens (tertiary/aromatic N) is 3. The number of anilines is 2. The third-order valence-electron chi connectivity index (χ3n) is 1.67. The highest BCUT2D eigenvalue weighted by molar-refractivity contribution is 5.61. The zero-order valence-corrected chi connectivity index (χ0v) is 6.65. The van der Waals surface area contributed by atoms with Crippen LogP contribution < -0.4 is 11.5 Å². The Bertz CT molecular complexity index is 431. The van der Waals surface area contributed by atoms with Crippen LogP contribution in [0.2, 0.25) is 0 Å². The maximum atomic E-state index is 5.67. The van der Waals surface area contributed by atoms with Crippen LogP contribution in [-0.4, -0.2) is 14.6 Å². The van der Waals surface area contributed by atoms with Crippen molar-refractivity contribution in [3.63, 3.8) is 0 Å². The molecule has 0 unspecified atom stereocenters. The highest BCUT2D eigenvalue weighted by Gasteiger charge is 2.03. The number of rotatable bonds is 0. The molecule has 0 aliphatic rings. The van der Waals surface area contributed by atoms with Crippen molar-refractivity contribution < 1.29 is 0 Å². The Balaban J connectivity index is 2.89. The van der Waals surface area contributed by atoms with E-state index in [4.69, 9.17) is 11.5 Å². The molecule has 0 amide bonds. The largest absolute Gasteiger partial charge is 0.394 e. The van der Waals surface area contributed by atoms with Crippen molar-refractivity contribution in [3.8, 4) is 0 Å². The molecule has 5 heteroatoms. The van der Waals surface area contributed by atoms with Gasteiger partial charge < -0.3 is 11.5 Å². The van der Waals surface area contributed by atoms with E-state index in [9.17, 15) is 0 Å². The Morgan fingerprint density at radius 1 is 1.42 bits per heavy atom. The number of aromatic nitrogens is 3. The van der Waals surface area contributed by atoms with Gasteiger partial charge in [0, 0.05) is 6.07 Å². The summed E-state index contributed by atoms with van der Waals surface area (Å²) in [5, 5.41) is 4.12. The van der Waals surface area contributed by atoms with Crippen LogP contribution in [-0.2, 0) is 0 Å². The fraction of sp³-hybridized carbons (Fsp3) is 0.143. The van der Waals surface area contributed by atoms with Crippen molar-refractivity contribution in [2.24, 2.45) is 0 Å². The lowest BCUT2D eigenvalue weighted by atomic mass is 10.4. The van der Waals surface area contributed by atoms with Gasteiger partial charge in [0.2, 0.25) is 0 Å². The van der Waals surface area contributed by atoms with Gasteiger partial charge in [0.05, 0.1) is 17.6 Å². The van der Waals surface area contributed by atoms with E-state index in [1.807, 2.05) is 13.0 Å². The summed E-state index contributed by atoms with van der Waals surface area (Å²) in [6, 6.07) is 1.84. The Morgan fingerprint density at radius 3 is 2.92 bits per heavy atom. The van der Waals surface area contributed by atoms with Crippen LogP contribution in [0.3, 0.4) is 0 Å². The molecule has 0 fully saturated rings. The molecule has 0 saturated carbocycles. The molecule has 0 spiro atoms. The van der Waals surface area contributed by atoms with Gasteiger partial charge in [-0.1, -0.05) is 0 Å². The topological polar surface area (TPSA) is 82.2 Å². The van der Waals surface area contributed by atoms with Crippen molar-refractivity contribution in [3.05, 3.63) is 18.0 Å². The zero-order valence-electron chi connectivity index (χ0n) is 6.65. The van der Waals surface area contributed by atoms with E-state index in [2.05, 4.69) is 10.1 Å². The summed E-state index contributed by atoms with van der Waals surface area (Å²) in [5.74, 6) is 0.438. The second-order valence-electron chi connectivity index (χ2n) is 2.65. The van der Waals surface area contributed by atoms with Crippen LogP contribution in [0, 0.1) is 6.92 Å². The molecular weight excluding hydrogens is 154 g/mol. The molecular formula is C7H9N5. The number of nitrogens with two attached hydrogens (primary N) is 2.